The minimum absolute atomic E-state index is 0.144. The van der Waals surface area contributed by atoms with Crippen molar-refractivity contribution in [2.45, 2.75) is 13.0 Å². The molecule has 0 saturated heterocycles. The highest BCUT2D eigenvalue weighted by atomic mass is 35.5. The van der Waals surface area contributed by atoms with Crippen LogP contribution in [0, 0.1) is 0 Å². The Morgan fingerprint density at radius 3 is 2.35 bits per heavy atom. The first-order valence-corrected chi connectivity index (χ1v) is 12.6. The molecular formula is C22H19Cl3N4O4S. The molecular weight excluding hydrogens is 523 g/mol. The molecule has 0 radical (unpaired) electrons. The second-order valence-electron chi connectivity index (χ2n) is 7.49. The first-order valence-electron chi connectivity index (χ1n) is 9.93. The van der Waals surface area contributed by atoms with Crippen molar-refractivity contribution in [1.29, 1.82) is 0 Å². The highest BCUT2D eigenvalue weighted by Gasteiger charge is 2.36. The van der Waals surface area contributed by atoms with Gasteiger partial charge in [0.15, 0.2) is 0 Å². The van der Waals surface area contributed by atoms with Crippen molar-refractivity contribution in [1.82, 2.24) is 15.1 Å². The Morgan fingerprint density at radius 1 is 1.09 bits per heavy atom. The number of sulfonamides is 1. The van der Waals surface area contributed by atoms with E-state index in [1.54, 1.807) is 54.1 Å². The summed E-state index contributed by atoms with van der Waals surface area (Å²) in [6, 6.07) is 11.0. The number of hydrogen-bond donors (Lipinski definition) is 1. The maximum Gasteiger partial charge on any atom is 0.327 e. The van der Waals surface area contributed by atoms with Gasteiger partial charge in [-0.25, -0.2) is 17.9 Å². The molecule has 1 N–H and O–H groups in total. The summed E-state index contributed by atoms with van der Waals surface area (Å²) < 4.78 is 33.6. The summed E-state index contributed by atoms with van der Waals surface area (Å²) in [4.78, 5) is 12.0. The molecule has 12 heteroatoms. The van der Waals surface area contributed by atoms with Crippen LogP contribution in [0.5, 0.6) is 0 Å². The fourth-order valence-electron chi connectivity index (χ4n) is 3.57. The van der Waals surface area contributed by atoms with Crippen LogP contribution in [-0.4, -0.2) is 44.4 Å². The van der Waals surface area contributed by atoms with Crippen LogP contribution in [0.2, 0.25) is 15.1 Å². The fraction of sp³-hybridized carbons (Fsp3) is 0.182. The van der Waals surface area contributed by atoms with E-state index >= 15 is 0 Å². The molecule has 1 aromatic heterocycles. The van der Waals surface area contributed by atoms with E-state index in [0.717, 1.165) is 9.71 Å². The van der Waals surface area contributed by atoms with E-state index in [-0.39, 0.29) is 5.70 Å². The van der Waals surface area contributed by atoms with Gasteiger partial charge in [-0.05, 0) is 37.3 Å². The van der Waals surface area contributed by atoms with Gasteiger partial charge in [-0.15, -0.1) is 0 Å². The lowest BCUT2D eigenvalue weighted by Gasteiger charge is -2.26. The van der Waals surface area contributed by atoms with Crippen LogP contribution in [0.3, 0.4) is 0 Å². The summed E-state index contributed by atoms with van der Waals surface area (Å²) >= 11 is 18.7. The van der Waals surface area contributed by atoms with Crippen LogP contribution in [0.25, 0.3) is 22.6 Å². The molecule has 2 aromatic carbocycles. The molecule has 0 bridgehead atoms. The topological polar surface area (TPSA) is 93.5 Å². The summed E-state index contributed by atoms with van der Waals surface area (Å²) in [6.07, 6.45) is 0. The van der Waals surface area contributed by atoms with Crippen molar-refractivity contribution in [2.75, 3.05) is 18.5 Å². The largest absolute Gasteiger partial charge is 0.467 e. The molecule has 8 nitrogen and oxygen atoms in total. The van der Waals surface area contributed by atoms with Gasteiger partial charge in [0.2, 0.25) is 0 Å². The number of esters is 1. The lowest BCUT2D eigenvalue weighted by Crippen LogP contribution is -2.37. The van der Waals surface area contributed by atoms with Crippen LogP contribution in [0.1, 0.15) is 12.6 Å². The lowest BCUT2D eigenvalue weighted by molar-refractivity contribution is -0.142. The van der Waals surface area contributed by atoms with Gasteiger partial charge in [-0.1, -0.05) is 46.9 Å². The number of anilines is 1. The minimum Gasteiger partial charge on any atom is -0.467 e. The van der Waals surface area contributed by atoms with Crippen molar-refractivity contribution >= 4 is 62.2 Å². The zero-order chi connectivity index (χ0) is 24.8. The average Bonchev–Trinajstić information content (AvgIpc) is 3.17. The SMILES string of the molecule is COC(=O)C(C)NC1=CS(=O)(=O)N(C)c2c1nn(-c1ccc(Cl)cc1Cl)c2-c1ccc(Cl)cc1. The van der Waals surface area contributed by atoms with Gasteiger partial charge < -0.3 is 10.1 Å². The molecule has 0 fully saturated rings. The van der Waals surface area contributed by atoms with E-state index in [1.165, 1.54) is 14.2 Å². The summed E-state index contributed by atoms with van der Waals surface area (Å²) in [6.45, 7) is 1.56. The molecule has 1 atom stereocenters. The highest BCUT2D eigenvalue weighted by molar-refractivity contribution is 7.95. The number of aromatic nitrogens is 2. The number of carbonyl (C=O) groups is 1. The van der Waals surface area contributed by atoms with Gasteiger partial charge in [0.25, 0.3) is 10.0 Å². The first kappa shape index (κ1) is 24.4. The highest BCUT2D eigenvalue weighted by Crippen LogP contribution is 2.43. The molecule has 178 valence electrons. The Balaban J connectivity index is 2.02. The number of methoxy groups -OCH3 is 1. The predicted molar refractivity (Wildman–Crippen MR) is 134 cm³/mol. The van der Waals surface area contributed by atoms with Gasteiger partial charge >= 0.3 is 5.97 Å². The number of fused-ring (bicyclic) bond motifs is 1. The minimum atomic E-state index is -3.90. The summed E-state index contributed by atoms with van der Waals surface area (Å²) in [5.41, 5.74) is 2.34. The van der Waals surface area contributed by atoms with Gasteiger partial charge in [0.1, 0.15) is 17.4 Å². The Labute approximate surface area is 211 Å². The third-order valence-electron chi connectivity index (χ3n) is 5.26. The van der Waals surface area contributed by atoms with E-state index < -0.39 is 22.0 Å². The molecule has 2 heterocycles. The number of carbonyl (C=O) groups excluding carboxylic acids is 1. The standard InChI is InChI=1S/C22H19Cl3N4O4S/c1-12(22(30)33-3)26-17-11-34(31,32)28(2)21-19(17)27-29(18-9-8-15(24)10-16(18)25)20(21)13-4-6-14(23)7-5-13/h4-12,26H,1-3H3. The summed E-state index contributed by atoms with van der Waals surface area (Å²) in [5, 5.41) is 9.92. The molecule has 0 spiro atoms. The number of benzene rings is 2. The average molecular weight is 542 g/mol. The van der Waals surface area contributed by atoms with Crippen LogP contribution < -0.4 is 9.62 Å². The van der Waals surface area contributed by atoms with Gasteiger partial charge in [-0.2, -0.15) is 5.10 Å². The van der Waals surface area contributed by atoms with E-state index in [0.29, 0.717) is 43.4 Å². The number of hydrogen-bond acceptors (Lipinski definition) is 6. The van der Waals surface area contributed by atoms with Crippen molar-refractivity contribution in [3.63, 3.8) is 0 Å². The Kier molecular flexibility index (Phi) is 6.56. The summed E-state index contributed by atoms with van der Waals surface area (Å²) in [7, 11) is -1.22. The van der Waals surface area contributed by atoms with Crippen molar-refractivity contribution in [3.8, 4) is 16.9 Å². The van der Waals surface area contributed by atoms with Gasteiger partial charge in [0.05, 0.1) is 34.6 Å². The van der Waals surface area contributed by atoms with Crippen molar-refractivity contribution in [2.24, 2.45) is 0 Å². The molecule has 0 amide bonds. The van der Waals surface area contributed by atoms with Crippen LogP contribution in [0.15, 0.2) is 47.9 Å². The number of nitrogens with one attached hydrogen (secondary N) is 1. The number of rotatable bonds is 5. The Morgan fingerprint density at radius 2 is 1.74 bits per heavy atom. The van der Waals surface area contributed by atoms with E-state index in [2.05, 4.69) is 5.32 Å². The van der Waals surface area contributed by atoms with Crippen LogP contribution >= 0.6 is 34.8 Å². The molecule has 4 rings (SSSR count). The fourth-order valence-corrected chi connectivity index (χ4v) is 5.24. The second kappa shape index (κ2) is 9.14. The molecule has 3 aromatic rings. The van der Waals surface area contributed by atoms with Gasteiger partial charge in [0, 0.05) is 22.7 Å². The molecule has 0 saturated carbocycles. The lowest BCUT2D eigenvalue weighted by atomic mass is 10.1. The normalized spacial score (nSPS) is 15.4. The quantitative estimate of drug-likeness (QED) is 0.470. The molecule has 34 heavy (non-hydrogen) atoms. The van der Waals surface area contributed by atoms with E-state index in [4.69, 9.17) is 44.6 Å². The van der Waals surface area contributed by atoms with Crippen LogP contribution in [-0.2, 0) is 19.6 Å². The van der Waals surface area contributed by atoms with Crippen molar-refractivity contribution in [3.05, 3.63) is 68.6 Å². The van der Waals surface area contributed by atoms with Crippen LogP contribution in [0.4, 0.5) is 5.69 Å². The number of nitrogens with zero attached hydrogens (tertiary/aromatic N) is 3. The second-order valence-corrected chi connectivity index (χ2v) is 10.6. The predicted octanol–water partition coefficient (Wildman–Crippen LogP) is 4.73. The van der Waals surface area contributed by atoms with Gasteiger partial charge in [-0.3, -0.25) is 4.31 Å². The maximum absolute atomic E-state index is 13.1. The monoisotopic (exact) mass is 540 g/mol. The Bertz CT molecular complexity index is 1420. The van der Waals surface area contributed by atoms with E-state index in [1.807, 2.05) is 0 Å². The summed E-state index contributed by atoms with van der Waals surface area (Å²) in [5.74, 6) is -0.558. The number of halogens is 3. The Hall–Kier alpha value is -2.72. The number of ether oxygens (including phenoxy) is 1. The molecule has 1 aliphatic heterocycles. The zero-order valence-electron chi connectivity index (χ0n) is 18.2. The molecule has 0 aliphatic carbocycles. The molecule has 1 aliphatic rings. The third kappa shape index (κ3) is 4.36. The smallest absolute Gasteiger partial charge is 0.327 e. The zero-order valence-corrected chi connectivity index (χ0v) is 21.3. The van der Waals surface area contributed by atoms with Crippen molar-refractivity contribution < 1.29 is 17.9 Å². The first-order chi connectivity index (χ1) is 16.0. The van der Waals surface area contributed by atoms with E-state index in [9.17, 15) is 13.2 Å². The maximum atomic E-state index is 13.1. The third-order valence-corrected chi connectivity index (χ3v) is 7.53. The molecule has 1 unspecified atom stereocenters.